The summed E-state index contributed by atoms with van der Waals surface area (Å²) in [4.78, 5) is 24.2. The van der Waals surface area contributed by atoms with Crippen molar-refractivity contribution in [2.24, 2.45) is 5.92 Å². The number of carbonyl (C=O) groups is 2. The van der Waals surface area contributed by atoms with Crippen molar-refractivity contribution >= 4 is 11.9 Å². The lowest BCUT2D eigenvalue weighted by molar-refractivity contribution is -0.161. The van der Waals surface area contributed by atoms with Gasteiger partial charge in [-0.25, -0.2) is 0 Å². The minimum Gasteiger partial charge on any atom is -0.462 e. The van der Waals surface area contributed by atoms with Gasteiger partial charge in [0.25, 0.3) is 0 Å². The van der Waals surface area contributed by atoms with E-state index < -0.39 is 6.10 Å². The lowest BCUT2D eigenvalue weighted by Crippen LogP contribution is -2.28. The van der Waals surface area contributed by atoms with Crippen molar-refractivity contribution in [3.63, 3.8) is 0 Å². The van der Waals surface area contributed by atoms with Crippen molar-refractivity contribution in [3.8, 4) is 0 Å². The fraction of sp³-hybridized carbons (Fsp3) is 0.762. The fourth-order valence-electron chi connectivity index (χ4n) is 5.37. The minimum absolute atomic E-state index is 0.0995. The zero-order valence-electron chi connectivity index (χ0n) is 31.3. The number of esters is 2. The lowest BCUT2D eigenvalue weighted by atomic mass is 10.0. The van der Waals surface area contributed by atoms with Gasteiger partial charge in [-0.15, -0.1) is 0 Å². The molecule has 0 spiro atoms. The third-order valence-corrected chi connectivity index (χ3v) is 8.41. The molecule has 6 nitrogen and oxygen atoms in total. The second-order valence-corrected chi connectivity index (χ2v) is 13.7. The van der Waals surface area contributed by atoms with Crippen LogP contribution in [0.15, 0.2) is 48.6 Å². The number of rotatable bonds is 34. The quantitative estimate of drug-likeness (QED) is 0.0305. The van der Waals surface area contributed by atoms with Gasteiger partial charge in [-0.2, -0.15) is 0 Å². The predicted molar refractivity (Wildman–Crippen MR) is 202 cm³/mol. The number of unbranched alkanes of at least 4 members (excludes halogenated alkanes) is 15. The molecule has 0 aliphatic rings. The zero-order chi connectivity index (χ0) is 35.3. The SMILES string of the molecule is CCCCC[C@H](O)/C=C/C=C\C/C=C\C/C=C\CCCC(=O)O[C@@H](CO)COC(=O)CCCCCCCCCCCCCCCC(C)C. The third-order valence-electron chi connectivity index (χ3n) is 8.41. The summed E-state index contributed by atoms with van der Waals surface area (Å²) >= 11 is 0. The summed E-state index contributed by atoms with van der Waals surface area (Å²) in [7, 11) is 0. The highest BCUT2D eigenvalue weighted by molar-refractivity contribution is 5.70. The average molecular weight is 675 g/mol. The van der Waals surface area contributed by atoms with Gasteiger partial charge in [0.1, 0.15) is 6.61 Å². The minimum atomic E-state index is -0.813. The van der Waals surface area contributed by atoms with E-state index in [9.17, 15) is 19.8 Å². The molecular weight excluding hydrogens is 600 g/mol. The van der Waals surface area contributed by atoms with E-state index in [1.165, 1.54) is 77.0 Å². The molecule has 0 saturated carbocycles. The Balaban J connectivity index is 3.70. The molecule has 0 radical (unpaired) electrons. The summed E-state index contributed by atoms with van der Waals surface area (Å²) in [6.07, 6.45) is 40.7. The molecule has 0 aromatic heterocycles. The Morgan fingerprint density at radius 2 is 1.17 bits per heavy atom. The Morgan fingerprint density at radius 3 is 1.77 bits per heavy atom. The summed E-state index contributed by atoms with van der Waals surface area (Å²) in [5, 5.41) is 19.4. The Bertz CT molecular complexity index is 843. The van der Waals surface area contributed by atoms with Gasteiger partial charge in [-0.1, -0.05) is 172 Å². The van der Waals surface area contributed by atoms with Crippen LogP contribution in [0, 0.1) is 5.92 Å². The highest BCUT2D eigenvalue weighted by Gasteiger charge is 2.16. The smallest absolute Gasteiger partial charge is 0.306 e. The summed E-state index contributed by atoms with van der Waals surface area (Å²) in [6, 6.07) is 0. The van der Waals surface area contributed by atoms with Gasteiger partial charge in [-0.05, 0) is 44.4 Å². The van der Waals surface area contributed by atoms with Gasteiger partial charge in [0.15, 0.2) is 6.10 Å². The van der Waals surface area contributed by atoms with Gasteiger partial charge >= 0.3 is 11.9 Å². The zero-order valence-corrected chi connectivity index (χ0v) is 31.3. The molecule has 0 heterocycles. The van der Waals surface area contributed by atoms with E-state index in [4.69, 9.17) is 9.47 Å². The summed E-state index contributed by atoms with van der Waals surface area (Å²) in [6.45, 7) is 6.31. The molecule has 0 saturated heterocycles. The van der Waals surface area contributed by atoms with Crippen molar-refractivity contribution in [3.05, 3.63) is 48.6 Å². The van der Waals surface area contributed by atoms with E-state index in [1.54, 1.807) is 0 Å². The maximum Gasteiger partial charge on any atom is 0.306 e. The van der Waals surface area contributed by atoms with E-state index in [0.29, 0.717) is 12.8 Å². The van der Waals surface area contributed by atoms with Crippen LogP contribution in [0.5, 0.6) is 0 Å². The van der Waals surface area contributed by atoms with Crippen molar-refractivity contribution in [1.82, 2.24) is 0 Å². The summed E-state index contributed by atoms with van der Waals surface area (Å²) < 4.78 is 10.5. The molecule has 0 unspecified atom stereocenters. The molecule has 278 valence electrons. The lowest BCUT2D eigenvalue weighted by Gasteiger charge is -2.15. The normalized spacial score (nSPS) is 13.5. The molecular formula is C42H74O6. The number of hydrogen-bond acceptors (Lipinski definition) is 6. The van der Waals surface area contributed by atoms with Crippen LogP contribution in [0.4, 0.5) is 0 Å². The Morgan fingerprint density at radius 1 is 0.625 bits per heavy atom. The maximum atomic E-state index is 12.1. The van der Waals surface area contributed by atoms with Gasteiger partial charge in [-0.3, -0.25) is 9.59 Å². The monoisotopic (exact) mass is 675 g/mol. The number of aliphatic hydroxyl groups excluding tert-OH is 2. The third kappa shape index (κ3) is 35.1. The van der Waals surface area contributed by atoms with Crippen LogP contribution in [0.3, 0.4) is 0 Å². The van der Waals surface area contributed by atoms with E-state index in [-0.39, 0.29) is 37.7 Å². The first-order chi connectivity index (χ1) is 23.4. The highest BCUT2D eigenvalue weighted by atomic mass is 16.6. The molecule has 0 amide bonds. The first-order valence-corrected chi connectivity index (χ1v) is 19.7. The number of allylic oxidation sites excluding steroid dienone is 7. The summed E-state index contributed by atoms with van der Waals surface area (Å²) in [5.41, 5.74) is 0. The van der Waals surface area contributed by atoms with E-state index in [0.717, 1.165) is 63.7 Å². The van der Waals surface area contributed by atoms with Crippen LogP contribution in [0.2, 0.25) is 0 Å². The number of ether oxygens (including phenoxy) is 2. The topological polar surface area (TPSA) is 93.1 Å². The van der Waals surface area contributed by atoms with Gasteiger partial charge in [0.05, 0.1) is 12.7 Å². The molecule has 6 heteroatoms. The number of aliphatic hydroxyl groups is 2. The molecule has 0 rings (SSSR count). The van der Waals surface area contributed by atoms with Crippen LogP contribution in [0.1, 0.15) is 175 Å². The van der Waals surface area contributed by atoms with Crippen LogP contribution in [-0.4, -0.2) is 47.6 Å². The Labute approximate surface area is 295 Å². The van der Waals surface area contributed by atoms with E-state index in [2.05, 4.69) is 51.2 Å². The van der Waals surface area contributed by atoms with Crippen LogP contribution in [-0.2, 0) is 19.1 Å². The van der Waals surface area contributed by atoms with Gasteiger partial charge in [0.2, 0.25) is 0 Å². The van der Waals surface area contributed by atoms with Crippen molar-refractivity contribution in [2.75, 3.05) is 13.2 Å². The molecule has 2 atom stereocenters. The van der Waals surface area contributed by atoms with E-state index in [1.807, 2.05) is 18.2 Å². The van der Waals surface area contributed by atoms with Gasteiger partial charge in [0, 0.05) is 12.8 Å². The van der Waals surface area contributed by atoms with Crippen LogP contribution >= 0.6 is 0 Å². The predicted octanol–water partition coefficient (Wildman–Crippen LogP) is 11.1. The molecule has 2 N–H and O–H groups in total. The second-order valence-electron chi connectivity index (χ2n) is 13.7. The molecule has 0 aliphatic carbocycles. The average Bonchev–Trinajstić information content (AvgIpc) is 3.06. The first-order valence-electron chi connectivity index (χ1n) is 19.7. The fourth-order valence-corrected chi connectivity index (χ4v) is 5.37. The Kier molecular flexibility index (Phi) is 34.5. The molecule has 0 bridgehead atoms. The second kappa shape index (κ2) is 36.1. The van der Waals surface area contributed by atoms with Gasteiger partial charge < -0.3 is 19.7 Å². The molecule has 0 fully saturated rings. The van der Waals surface area contributed by atoms with Crippen LogP contribution < -0.4 is 0 Å². The van der Waals surface area contributed by atoms with Crippen molar-refractivity contribution < 1.29 is 29.3 Å². The van der Waals surface area contributed by atoms with Crippen molar-refractivity contribution in [1.29, 1.82) is 0 Å². The molecule has 0 aromatic carbocycles. The molecule has 0 aromatic rings. The number of carbonyl (C=O) groups excluding carboxylic acids is 2. The first kappa shape index (κ1) is 45.8. The Hall–Kier alpha value is -2.18. The van der Waals surface area contributed by atoms with E-state index >= 15 is 0 Å². The van der Waals surface area contributed by atoms with Crippen LogP contribution in [0.25, 0.3) is 0 Å². The van der Waals surface area contributed by atoms with Crippen molar-refractivity contribution in [2.45, 2.75) is 187 Å². The molecule has 48 heavy (non-hydrogen) atoms. The maximum absolute atomic E-state index is 12.1. The largest absolute Gasteiger partial charge is 0.462 e. The standard InChI is InChI=1S/C42H74O6/c1-4-5-26-32-39(44)33-28-23-19-15-11-9-13-17-21-25-30-35-42(46)48-40(36-43)37-47-41(45)34-29-24-20-16-12-8-6-7-10-14-18-22-27-31-38(2)3/h9,11,17,19,21,23,28,33,38-40,43-44H,4-8,10,12-16,18,20,22,24-27,29-32,34-37H2,1-3H3/b11-9-,21-17-,23-19-,33-28+/t39-,40-/m0/s1. The highest BCUT2D eigenvalue weighted by Crippen LogP contribution is 2.15. The number of hydrogen-bond donors (Lipinski definition) is 2. The molecule has 0 aliphatic heterocycles. The summed E-state index contributed by atoms with van der Waals surface area (Å²) in [5.74, 6) is 0.157.